The van der Waals surface area contributed by atoms with Crippen molar-refractivity contribution in [1.29, 1.82) is 0 Å². The van der Waals surface area contributed by atoms with E-state index in [4.69, 9.17) is 9.47 Å². The molecule has 1 aromatic carbocycles. The zero-order valence-corrected chi connectivity index (χ0v) is 16.7. The summed E-state index contributed by atoms with van der Waals surface area (Å²) in [6.07, 6.45) is 2.93. The average molecular weight is 392 g/mol. The van der Waals surface area contributed by atoms with Crippen LogP contribution >= 0.6 is 0 Å². The fraction of sp³-hybridized carbons (Fsp3) is 0.409. The molecule has 3 aliphatic rings. The van der Waals surface area contributed by atoms with E-state index in [1.165, 1.54) is 5.57 Å². The summed E-state index contributed by atoms with van der Waals surface area (Å²) in [7, 11) is 0. The second-order valence-corrected chi connectivity index (χ2v) is 7.87. The fourth-order valence-corrected chi connectivity index (χ4v) is 4.27. The number of anilines is 1. The lowest BCUT2D eigenvalue weighted by Crippen LogP contribution is -2.32. The van der Waals surface area contributed by atoms with E-state index in [1.54, 1.807) is 0 Å². The Hall–Kier alpha value is -3.09. The summed E-state index contributed by atoms with van der Waals surface area (Å²) < 4.78 is 11.6. The standard InChI is InChI=1S/C22H24N4O3/c1-14-9-15(2)24-22(23-14)26-12-16-10-25(11-17(16)13-26)21(27)18-5-3-6-19-20(18)29-8-4-7-28-19/h3,5-6,9,12,17H,4,7-8,10-11,13H2,1-2H3. The number of fused-ring (bicyclic) bond motifs is 2. The molecule has 0 radical (unpaired) electrons. The molecule has 4 heterocycles. The Kier molecular flexibility index (Phi) is 4.38. The van der Waals surface area contributed by atoms with Gasteiger partial charge < -0.3 is 19.3 Å². The van der Waals surface area contributed by atoms with E-state index in [9.17, 15) is 4.79 Å². The van der Waals surface area contributed by atoms with Gasteiger partial charge in [0, 0.05) is 49.6 Å². The Labute approximate surface area is 170 Å². The average Bonchev–Trinajstić information content (AvgIpc) is 3.17. The number of aryl methyl sites for hydroxylation is 2. The van der Waals surface area contributed by atoms with Crippen molar-refractivity contribution in [2.24, 2.45) is 5.92 Å². The number of carbonyl (C=O) groups is 1. The van der Waals surface area contributed by atoms with E-state index in [0.717, 1.165) is 30.3 Å². The number of nitrogens with zero attached hydrogens (tertiary/aromatic N) is 4. The van der Waals surface area contributed by atoms with E-state index in [1.807, 2.05) is 43.0 Å². The number of aromatic nitrogens is 2. The molecule has 7 nitrogen and oxygen atoms in total. The van der Waals surface area contributed by atoms with Gasteiger partial charge in [-0.3, -0.25) is 4.79 Å². The van der Waals surface area contributed by atoms with Crippen molar-refractivity contribution in [3.63, 3.8) is 0 Å². The summed E-state index contributed by atoms with van der Waals surface area (Å²) in [6, 6.07) is 7.52. The lowest BCUT2D eigenvalue weighted by Gasteiger charge is -2.21. The molecule has 1 unspecified atom stereocenters. The predicted molar refractivity (Wildman–Crippen MR) is 108 cm³/mol. The molecule has 2 aromatic rings. The van der Waals surface area contributed by atoms with Crippen LogP contribution in [-0.4, -0.2) is 53.6 Å². The number of likely N-dealkylation sites (tertiary alicyclic amines) is 1. The summed E-state index contributed by atoms with van der Waals surface area (Å²) in [4.78, 5) is 26.4. The second-order valence-electron chi connectivity index (χ2n) is 7.87. The molecule has 3 aliphatic heterocycles. The third-order valence-electron chi connectivity index (χ3n) is 5.59. The topological polar surface area (TPSA) is 67.8 Å². The van der Waals surface area contributed by atoms with Crippen molar-refractivity contribution in [2.75, 3.05) is 37.7 Å². The first kappa shape index (κ1) is 18.0. The van der Waals surface area contributed by atoms with Gasteiger partial charge in [0.05, 0.1) is 18.8 Å². The van der Waals surface area contributed by atoms with Gasteiger partial charge in [-0.05, 0) is 37.6 Å². The smallest absolute Gasteiger partial charge is 0.258 e. The van der Waals surface area contributed by atoms with Crippen LogP contribution in [-0.2, 0) is 0 Å². The highest BCUT2D eigenvalue weighted by Gasteiger charge is 2.37. The molecule has 1 fully saturated rings. The molecule has 1 amide bonds. The van der Waals surface area contributed by atoms with Crippen molar-refractivity contribution < 1.29 is 14.3 Å². The second kappa shape index (κ2) is 7.06. The van der Waals surface area contributed by atoms with Crippen LogP contribution < -0.4 is 14.4 Å². The Bertz CT molecular complexity index is 983. The van der Waals surface area contributed by atoms with Gasteiger partial charge in [0.2, 0.25) is 5.95 Å². The molecule has 29 heavy (non-hydrogen) atoms. The molecule has 0 N–H and O–H groups in total. The fourth-order valence-electron chi connectivity index (χ4n) is 4.27. The van der Waals surface area contributed by atoms with Crippen molar-refractivity contribution in [3.05, 3.63) is 53.0 Å². The van der Waals surface area contributed by atoms with Crippen LogP contribution in [0.3, 0.4) is 0 Å². The van der Waals surface area contributed by atoms with Gasteiger partial charge in [0.15, 0.2) is 11.5 Å². The van der Waals surface area contributed by atoms with Crippen molar-refractivity contribution >= 4 is 11.9 Å². The summed E-state index contributed by atoms with van der Waals surface area (Å²) in [5.74, 6) is 2.28. The van der Waals surface area contributed by atoms with Crippen LogP contribution in [0.15, 0.2) is 36.0 Å². The predicted octanol–water partition coefficient (Wildman–Crippen LogP) is 2.73. The quantitative estimate of drug-likeness (QED) is 0.783. The Morgan fingerprint density at radius 3 is 2.69 bits per heavy atom. The SMILES string of the molecule is Cc1cc(C)nc(N2C=C3CN(C(=O)c4cccc5c4OCCCO5)CC3C2)n1. The minimum atomic E-state index is -0.00292. The number of amides is 1. The minimum Gasteiger partial charge on any atom is -0.490 e. The summed E-state index contributed by atoms with van der Waals surface area (Å²) in [5.41, 5.74) is 3.76. The highest BCUT2D eigenvalue weighted by atomic mass is 16.5. The van der Waals surface area contributed by atoms with Gasteiger partial charge >= 0.3 is 0 Å². The molecule has 0 bridgehead atoms. The van der Waals surface area contributed by atoms with Crippen LogP contribution in [0.2, 0.25) is 0 Å². The highest BCUT2D eigenvalue weighted by Crippen LogP contribution is 2.37. The molecule has 5 rings (SSSR count). The van der Waals surface area contributed by atoms with Crippen LogP contribution in [0, 0.1) is 19.8 Å². The van der Waals surface area contributed by atoms with Crippen molar-refractivity contribution in [3.8, 4) is 11.5 Å². The van der Waals surface area contributed by atoms with Crippen LogP contribution in [0.5, 0.6) is 11.5 Å². The molecule has 1 aromatic heterocycles. The maximum atomic E-state index is 13.2. The van der Waals surface area contributed by atoms with Crippen LogP contribution in [0.1, 0.15) is 28.2 Å². The largest absolute Gasteiger partial charge is 0.490 e. The third kappa shape index (κ3) is 3.30. The lowest BCUT2D eigenvalue weighted by molar-refractivity contribution is 0.0784. The number of ether oxygens (including phenoxy) is 2. The first-order valence-corrected chi connectivity index (χ1v) is 10.1. The first-order chi connectivity index (χ1) is 14.1. The number of para-hydroxylation sites is 1. The Balaban J connectivity index is 1.35. The normalized spacial score (nSPS) is 20.3. The van der Waals surface area contributed by atoms with Gasteiger partial charge in [0.1, 0.15) is 0 Å². The number of hydrogen-bond acceptors (Lipinski definition) is 6. The van der Waals surface area contributed by atoms with E-state index in [-0.39, 0.29) is 5.91 Å². The number of rotatable bonds is 2. The van der Waals surface area contributed by atoms with Gasteiger partial charge in [-0.1, -0.05) is 6.07 Å². The minimum absolute atomic E-state index is 0.00292. The van der Waals surface area contributed by atoms with Crippen LogP contribution in [0.25, 0.3) is 0 Å². The van der Waals surface area contributed by atoms with Gasteiger partial charge in [-0.15, -0.1) is 0 Å². The maximum absolute atomic E-state index is 13.2. The number of benzene rings is 1. The third-order valence-corrected chi connectivity index (χ3v) is 5.59. The van der Waals surface area contributed by atoms with Crippen LogP contribution in [0.4, 0.5) is 5.95 Å². The zero-order valence-electron chi connectivity index (χ0n) is 16.7. The number of hydrogen-bond donors (Lipinski definition) is 0. The summed E-state index contributed by atoms with van der Waals surface area (Å²) in [6.45, 7) is 7.25. The van der Waals surface area contributed by atoms with E-state index >= 15 is 0 Å². The Morgan fingerprint density at radius 2 is 1.90 bits per heavy atom. The first-order valence-electron chi connectivity index (χ1n) is 10.1. The van der Waals surface area contributed by atoms with E-state index in [0.29, 0.717) is 49.3 Å². The molecule has 1 atom stereocenters. The molecule has 0 saturated carbocycles. The molecule has 0 aliphatic carbocycles. The Morgan fingerprint density at radius 1 is 1.10 bits per heavy atom. The maximum Gasteiger partial charge on any atom is 0.258 e. The van der Waals surface area contributed by atoms with Gasteiger partial charge in [0.25, 0.3) is 5.91 Å². The molecular formula is C22H24N4O3. The van der Waals surface area contributed by atoms with Crippen molar-refractivity contribution in [2.45, 2.75) is 20.3 Å². The zero-order chi connectivity index (χ0) is 20.0. The molecule has 150 valence electrons. The van der Waals surface area contributed by atoms with Crippen molar-refractivity contribution in [1.82, 2.24) is 14.9 Å². The summed E-state index contributed by atoms with van der Waals surface area (Å²) >= 11 is 0. The highest BCUT2D eigenvalue weighted by molar-refractivity contribution is 5.98. The monoisotopic (exact) mass is 392 g/mol. The van der Waals surface area contributed by atoms with E-state index in [2.05, 4.69) is 21.1 Å². The lowest BCUT2D eigenvalue weighted by atomic mass is 10.1. The van der Waals surface area contributed by atoms with Gasteiger partial charge in [-0.2, -0.15) is 0 Å². The molecule has 0 spiro atoms. The summed E-state index contributed by atoms with van der Waals surface area (Å²) in [5, 5.41) is 0. The molecular weight excluding hydrogens is 368 g/mol. The van der Waals surface area contributed by atoms with E-state index < -0.39 is 0 Å². The molecule has 1 saturated heterocycles. The van der Waals surface area contributed by atoms with Gasteiger partial charge in [-0.25, -0.2) is 9.97 Å². The molecule has 7 heteroatoms. The number of carbonyl (C=O) groups excluding carboxylic acids is 1.